The highest BCUT2D eigenvalue weighted by Gasteiger charge is 2.10. The van der Waals surface area contributed by atoms with E-state index in [0.29, 0.717) is 23.6 Å². The molecule has 0 aliphatic carbocycles. The lowest BCUT2D eigenvalue weighted by molar-refractivity contribution is -0.120. The maximum Gasteiger partial charge on any atom is 0.234 e. The van der Waals surface area contributed by atoms with E-state index < -0.39 is 0 Å². The summed E-state index contributed by atoms with van der Waals surface area (Å²) in [6.07, 6.45) is 1.14. The molecule has 0 spiro atoms. The fourth-order valence-corrected chi connectivity index (χ4v) is 3.77. The maximum atomic E-state index is 12.1. The fourth-order valence-electron chi connectivity index (χ4n) is 2.13. The minimum atomic E-state index is -0.169. The van der Waals surface area contributed by atoms with Crippen molar-refractivity contribution in [3.8, 4) is 0 Å². The van der Waals surface area contributed by atoms with Gasteiger partial charge in [-0.15, -0.1) is 11.3 Å². The van der Waals surface area contributed by atoms with Gasteiger partial charge >= 0.3 is 0 Å². The molecule has 0 atom stereocenters. The Hall–Kier alpha value is -2.39. The van der Waals surface area contributed by atoms with Gasteiger partial charge in [0.05, 0.1) is 17.9 Å². The van der Waals surface area contributed by atoms with Gasteiger partial charge in [0.2, 0.25) is 17.7 Å². The van der Waals surface area contributed by atoms with Crippen molar-refractivity contribution in [2.45, 2.75) is 31.0 Å². The normalized spacial score (nSPS) is 10.3. The number of thioether (sulfide) groups is 1. The van der Waals surface area contributed by atoms with E-state index in [1.54, 1.807) is 24.3 Å². The third kappa shape index (κ3) is 7.79. The average molecular weight is 407 g/mol. The standard InChI is InChI=1S/C18H22N4O3S2/c1-3-7-19-16(24)9-15-10-26-18(22-15)27-11-17(25)21-14-6-4-5-13(8-14)20-12(2)23/h4-6,8,10H,3,7,9,11H2,1-2H3,(H,19,24)(H,20,23)(H,21,25). The molecule has 1 aromatic carbocycles. The number of hydrogen-bond donors (Lipinski definition) is 3. The predicted octanol–water partition coefficient (Wildman–Crippen LogP) is 2.90. The number of hydrogen-bond acceptors (Lipinski definition) is 6. The summed E-state index contributed by atoms with van der Waals surface area (Å²) in [6, 6.07) is 6.95. The largest absolute Gasteiger partial charge is 0.356 e. The highest BCUT2D eigenvalue weighted by Crippen LogP contribution is 2.23. The molecule has 144 valence electrons. The van der Waals surface area contributed by atoms with Gasteiger partial charge in [-0.2, -0.15) is 0 Å². The van der Waals surface area contributed by atoms with Crippen LogP contribution in [-0.2, 0) is 20.8 Å². The molecule has 0 saturated heterocycles. The molecule has 2 aromatic rings. The second kappa shape index (κ2) is 10.7. The molecule has 0 unspecified atom stereocenters. The summed E-state index contributed by atoms with van der Waals surface area (Å²) in [7, 11) is 0. The number of aromatic nitrogens is 1. The van der Waals surface area contributed by atoms with Crippen molar-refractivity contribution in [2.24, 2.45) is 0 Å². The van der Waals surface area contributed by atoms with Crippen molar-refractivity contribution in [1.82, 2.24) is 10.3 Å². The summed E-state index contributed by atoms with van der Waals surface area (Å²) in [5.41, 5.74) is 1.94. The van der Waals surface area contributed by atoms with Crippen LogP contribution in [0.25, 0.3) is 0 Å². The van der Waals surface area contributed by atoms with E-state index in [-0.39, 0.29) is 29.9 Å². The SMILES string of the molecule is CCCNC(=O)Cc1csc(SCC(=O)Nc2cccc(NC(C)=O)c2)n1. The highest BCUT2D eigenvalue weighted by molar-refractivity contribution is 8.01. The van der Waals surface area contributed by atoms with Crippen molar-refractivity contribution in [2.75, 3.05) is 22.9 Å². The number of benzene rings is 1. The van der Waals surface area contributed by atoms with E-state index in [1.165, 1.54) is 30.0 Å². The molecule has 0 bridgehead atoms. The van der Waals surface area contributed by atoms with Crippen LogP contribution in [0, 0.1) is 0 Å². The van der Waals surface area contributed by atoms with Gasteiger partial charge in [-0.05, 0) is 24.6 Å². The first-order valence-corrected chi connectivity index (χ1v) is 10.3. The van der Waals surface area contributed by atoms with E-state index in [2.05, 4.69) is 20.9 Å². The van der Waals surface area contributed by atoms with Gasteiger partial charge in [0.25, 0.3) is 0 Å². The number of anilines is 2. The number of carbonyl (C=O) groups excluding carboxylic acids is 3. The molecule has 1 aromatic heterocycles. The zero-order chi connectivity index (χ0) is 19.6. The highest BCUT2D eigenvalue weighted by atomic mass is 32.2. The minimum Gasteiger partial charge on any atom is -0.356 e. The van der Waals surface area contributed by atoms with Crippen LogP contribution in [0.2, 0.25) is 0 Å². The number of nitrogens with one attached hydrogen (secondary N) is 3. The third-order valence-electron chi connectivity index (χ3n) is 3.24. The Morgan fingerprint density at radius 3 is 2.59 bits per heavy atom. The van der Waals surface area contributed by atoms with Gasteiger partial charge in [-0.3, -0.25) is 14.4 Å². The molecule has 27 heavy (non-hydrogen) atoms. The Balaban J connectivity index is 1.80. The summed E-state index contributed by atoms with van der Waals surface area (Å²) >= 11 is 2.74. The first-order chi connectivity index (χ1) is 13.0. The predicted molar refractivity (Wildman–Crippen MR) is 109 cm³/mol. The van der Waals surface area contributed by atoms with Crippen molar-refractivity contribution >= 4 is 52.2 Å². The van der Waals surface area contributed by atoms with E-state index in [0.717, 1.165) is 10.8 Å². The Kier molecular flexibility index (Phi) is 8.28. The molecule has 0 radical (unpaired) electrons. The molecule has 0 aliphatic rings. The first kappa shape index (κ1) is 20.9. The van der Waals surface area contributed by atoms with E-state index >= 15 is 0 Å². The Labute approximate surface area is 166 Å². The van der Waals surface area contributed by atoms with Crippen LogP contribution in [-0.4, -0.2) is 35.0 Å². The summed E-state index contributed by atoms with van der Waals surface area (Å²) in [5, 5.41) is 10.1. The molecule has 3 amide bonds. The second-order valence-electron chi connectivity index (χ2n) is 5.73. The van der Waals surface area contributed by atoms with Gasteiger partial charge in [0.15, 0.2) is 4.34 Å². The zero-order valence-corrected chi connectivity index (χ0v) is 16.8. The number of rotatable bonds is 9. The molecule has 0 saturated carbocycles. The second-order valence-corrected chi connectivity index (χ2v) is 7.81. The van der Waals surface area contributed by atoms with E-state index in [4.69, 9.17) is 0 Å². The summed E-state index contributed by atoms with van der Waals surface area (Å²) in [6.45, 7) is 4.09. The summed E-state index contributed by atoms with van der Waals surface area (Å²) < 4.78 is 0.746. The zero-order valence-electron chi connectivity index (χ0n) is 15.2. The number of carbonyl (C=O) groups is 3. The Morgan fingerprint density at radius 1 is 1.15 bits per heavy atom. The van der Waals surface area contributed by atoms with Gasteiger partial charge in [0.1, 0.15) is 0 Å². The molecule has 7 nitrogen and oxygen atoms in total. The van der Waals surface area contributed by atoms with Crippen LogP contribution >= 0.6 is 23.1 Å². The van der Waals surface area contributed by atoms with Crippen LogP contribution in [0.15, 0.2) is 34.0 Å². The number of amides is 3. The maximum absolute atomic E-state index is 12.1. The smallest absolute Gasteiger partial charge is 0.234 e. The molecule has 0 aliphatic heterocycles. The van der Waals surface area contributed by atoms with Gasteiger partial charge in [0, 0.05) is 30.2 Å². The Morgan fingerprint density at radius 2 is 1.89 bits per heavy atom. The van der Waals surface area contributed by atoms with Crippen LogP contribution in [0.5, 0.6) is 0 Å². The summed E-state index contributed by atoms with van der Waals surface area (Å²) in [5.74, 6) is -0.177. The van der Waals surface area contributed by atoms with Crippen LogP contribution < -0.4 is 16.0 Å². The monoisotopic (exact) mass is 406 g/mol. The van der Waals surface area contributed by atoms with E-state index in [1.807, 2.05) is 12.3 Å². The quantitative estimate of drug-likeness (QED) is 0.556. The summed E-state index contributed by atoms with van der Waals surface area (Å²) in [4.78, 5) is 39.3. The lowest BCUT2D eigenvalue weighted by Gasteiger charge is -2.07. The van der Waals surface area contributed by atoms with Crippen molar-refractivity contribution in [3.63, 3.8) is 0 Å². The van der Waals surface area contributed by atoms with E-state index in [9.17, 15) is 14.4 Å². The van der Waals surface area contributed by atoms with Gasteiger partial charge < -0.3 is 16.0 Å². The van der Waals surface area contributed by atoms with Crippen LogP contribution in [0.3, 0.4) is 0 Å². The van der Waals surface area contributed by atoms with Crippen molar-refractivity contribution in [1.29, 1.82) is 0 Å². The average Bonchev–Trinajstić information content (AvgIpc) is 3.05. The van der Waals surface area contributed by atoms with Crippen LogP contribution in [0.4, 0.5) is 11.4 Å². The molecular weight excluding hydrogens is 384 g/mol. The fraction of sp³-hybridized carbons (Fsp3) is 0.333. The van der Waals surface area contributed by atoms with Gasteiger partial charge in [-0.25, -0.2) is 4.98 Å². The third-order valence-corrected chi connectivity index (χ3v) is 5.31. The van der Waals surface area contributed by atoms with Crippen molar-refractivity contribution < 1.29 is 14.4 Å². The van der Waals surface area contributed by atoms with Crippen LogP contribution in [0.1, 0.15) is 26.0 Å². The molecule has 1 heterocycles. The number of nitrogens with zero attached hydrogens (tertiary/aromatic N) is 1. The molecule has 9 heteroatoms. The molecule has 0 fully saturated rings. The lowest BCUT2D eigenvalue weighted by Crippen LogP contribution is -2.25. The lowest BCUT2D eigenvalue weighted by atomic mass is 10.2. The molecular formula is C18H22N4O3S2. The minimum absolute atomic E-state index is 0.0458. The molecule has 3 N–H and O–H groups in total. The van der Waals surface area contributed by atoms with Crippen molar-refractivity contribution in [3.05, 3.63) is 35.3 Å². The topological polar surface area (TPSA) is 100 Å². The molecule has 2 rings (SSSR count). The van der Waals surface area contributed by atoms with Gasteiger partial charge in [-0.1, -0.05) is 24.8 Å². The first-order valence-electron chi connectivity index (χ1n) is 8.47. The Bertz CT molecular complexity index is 807. The number of thiazole rings is 1.